The van der Waals surface area contributed by atoms with Crippen molar-refractivity contribution in [2.75, 3.05) is 20.7 Å². The van der Waals surface area contributed by atoms with Crippen LogP contribution in [0.3, 0.4) is 0 Å². The van der Waals surface area contributed by atoms with Gasteiger partial charge in [-0.2, -0.15) is 0 Å². The van der Waals surface area contributed by atoms with Gasteiger partial charge in [-0.05, 0) is 57.3 Å². The molecule has 2 fully saturated rings. The zero-order valence-corrected chi connectivity index (χ0v) is 15.1. The smallest absolute Gasteiger partial charge is 0.315 e. The molecule has 0 bridgehead atoms. The first kappa shape index (κ1) is 18.1. The summed E-state index contributed by atoms with van der Waals surface area (Å²) in [4.78, 5) is 14.0. The molecule has 3 rings (SSSR count). The number of amides is 2. The molecule has 0 aromatic heterocycles. The van der Waals surface area contributed by atoms with E-state index in [-0.39, 0.29) is 17.9 Å². The molecule has 2 amide bonds. The maximum atomic E-state index is 14.1. The highest BCUT2D eigenvalue weighted by molar-refractivity contribution is 5.74. The highest BCUT2D eigenvalue weighted by atomic mass is 19.1. The fourth-order valence-electron chi connectivity index (χ4n) is 3.34. The van der Waals surface area contributed by atoms with Crippen LogP contribution < -0.4 is 10.6 Å². The van der Waals surface area contributed by atoms with Crippen LogP contribution in [0, 0.1) is 11.7 Å². The van der Waals surface area contributed by atoms with Crippen molar-refractivity contribution in [3.05, 3.63) is 35.1 Å². The second-order valence-electron chi connectivity index (χ2n) is 7.46. The lowest BCUT2D eigenvalue weighted by molar-refractivity contribution is -0.00914. The molecule has 1 saturated carbocycles. The van der Waals surface area contributed by atoms with Crippen molar-refractivity contribution >= 4 is 6.03 Å². The van der Waals surface area contributed by atoms with Gasteiger partial charge >= 0.3 is 6.03 Å². The average molecular weight is 349 g/mol. The van der Waals surface area contributed by atoms with Gasteiger partial charge in [-0.15, -0.1) is 0 Å². The van der Waals surface area contributed by atoms with E-state index in [9.17, 15) is 9.18 Å². The number of rotatable bonds is 6. The van der Waals surface area contributed by atoms with Crippen molar-refractivity contribution in [3.8, 4) is 0 Å². The second-order valence-corrected chi connectivity index (χ2v) is 7.46. The Morgan fingerprint density at radius 1 is 1.32 bits per heavy atom. The summed E-state index contributed by atoms with van der Waals surface area (Å²) in [6.45, 7) is 1.59. The highest BCUT2D eigenvalue weighted by Crippen LogP contribution is 2.38. The monoisotopic (exact) mass is 349 g/mol. The molecule has 2 N–H and O–H groups in total. The third-order valence-electron chi connectivity index (χ3n) is 4.86. The molecule has 2 aliphatic rings. The molecule has 1 aromatic carbocycles. The van der Waals surface area contributed by atoms with Crippen LogP contribution >= 0.6 is 0 Å². The van der Waals surface area contributed by atoms with E-state index in [1.165, 1.54) is 18.9 Å². The summed E-state index contributed by atoms with van der Waals surface area (Å²) >= 11 is 0. The van der Waals surface area contributed by atoms with Gasteiger partial charge in [0.2, 0.25) is 0 Å². The summed E-state index contributed by atoms with van der Waals surface area (Å²) in [6, 6.07) is 5.11. The number of carbonyl (C=O) groups excluding carboxylic acids is 1. The number of urea groups is 1. The van der Waals surface area contributed by atoms with Gasteiger partial charge in [-0.3, -0.25) is 0 Å². The van der Waals surface area contributed by atoms with Gasteiger partial charge in [-0.25, -0.2) is 9.18 Å². The molecule has 0 radical (unpaired) electrons. The van der Waals surface area contributed by atoms with Crippen LogP contribution in [0.15, 0.2) is 18.2 Å². The molecule has 0 unspecified atom stereocenters. The number of carbonyl (C=O) groups is 1. The minimum atomic E-state index is -0.231. The summed E-state index contributed by atoms with van der Waals surface area (Å²) in [7, 11) is 3.81. The molecule has 25 heavy (non-hydrogen) atoms. The number of nitrogens with zero attached hydrogens (tertiary/aromatic N) is 1. The lowest BCUT2D eigenvalue weighted by Crippen LogP contribution is -2.46. The fourth-order valence-corrected chi connectivity index (χ4v) is 3.34. The van der Waals surface area contributed by atoms with Crippen LogP contribution in [0.2, 0.25) is 0 Å². The standard InChI is InChI=1S/C19H28FN3O2/c1-23(2)12-15-4-3-13(9-17(15)20)11-21-19(24)22-16-7-8-25-18(10-16)14-5-6-14/h3-4,9,14,16,18H,5-8,10-12H2,1-2H3,(H2,21,22,24)/t16-,18-/m0/s1. The molecular formula is C19H28FN3O2. The Kier molecular flexibility index (Phi) is 5.91. The Morgan fingerprint density at radius 3 is 2.80 bits per heavy atom. The topological polar surface area (TPSA) is 53.6 Å². The van der Waals surface area contributed by atoms with E-state index in [1.807, 2.05) is 25.1 Å². The van der Waals surface area contributed by atoms with Gasteiger partial charge in [-0.1, -0.05) is 12.1 Å². The second kappa shape index (κ2) is 8.15. The van der Waals surface area contributed by atoms with Crippen molar-refractivity contribution in [2.45, 2.75) is 50.9 Å². The van der Waals surface area contributed by atoms with E-state index >= 15 is 0 Å². The molecule has 1 aromatic rings. The molecule has 2 atom stereocenters. The van der Waals surface area contributed by atoms with Crippen LogP contribution in [-0.2, 0) is 17.8 Å². The molecular weight excluding hydrogens is 321 g/mol. The number of ether oxygens (including phenoxy) is 1. The van der Waals surface area contributed by atoms with E-state index < -0.39 is 0 Å². The van der Waals surface area contributed by atoms with E-state index in [1.54, 1.807) is 6.07 Å². The largest absolute Gasteiger partial charge is 0.378 e. The van der Waals surface area contributed by atoms with Gasteiger partial charge in [0.25, 0.3) is 0 Å². The van der Waals surface area contributed by atoms with Gasteiger partial charge in [0.15, 0.2) is 0 Å². The summed E-state index contributed by atoms with van der Waals surface area (Å²) in [5.74, 6) is 0.460. The number of hydrogen-bond donors (Lipinski definition) is 2. The normalized spacial score (nSPS) is 23.5. The first-order valence-corrected chi connectivity index (χ1v) is 9.09. The first-order chi connectivity index (χ1) is 12.0. The third-order valence-corrected chi connectivity index (χ3v) is 4.86. The minimum Gasteiger partial charge on any atom is -0.378 e. The van der Waals surface area contributed by atoms with Gasteiger partial charge < -0.3 is 20.3 Å². The average Bonchev–Trinajstić information content (AvgIpc) is 3.40. The van der Waals surface area contributed by atoms with Gasteiger partial charge in [0, 0.05) is 31.3 Å². The summed E-state index contributed by atoms with van der Waals surface area (Å²) in [5.41, 5.74) is 1.42. The van der Waals surface area contributed by atoms with Crippen LogP contribution in [0.1, 0.15) is 36.8 Å². The zero-order chi connectivity index (χ0) is 17.8. The Balaban J connectivity index is 1.44. The third kappa shape index (κ3) is 5.41. The Hall–Kier alpha value is -1.66. The Bertz CT molecular complexity index is 604. The summed E-state index contributed by atoms with van der Waals surface area (Å²) in [6.07, 6.45) is 4.55. The SMILES string of the molecule is CN(C)Cc1ccc(CNC(=O)N[C@H]2CCO[C@H](C3CC3)C2)cc1F. The first-order valence-electron chi connectivity index (χ1n) is 9.09. The van der Waals surface area contributed by atoms with Crippen molar-refractivity contribution < 1.29 is 13.9 Å². The van der Waals surface area contributed by atoms with Crippen molar-refractivity contribution in [3.63, 3.8) is 0 Å². The number of nitrogens with one attached hydrogen (secondary N) is 2. The van der Waals surface area contributed by atoms with Crippen molar-refractivity contribution in [1.29, 1.82) is 0 Å². The van der Waals surface area contributed by atoms with E-state index in [2.05, 4.69) is 10.6 Å². The van der Waals surface area contributed by atoms with Crippen LogP contribution in [0.5, 0.6) is 0 Å². The highest BCUT2D eigenvalue weighted by Gasteiger charge is 2.36. The Morgan fingerprint density at radius 2 is 2.12 bits per heavy atom. The van der Waals surface area contributed by atoms with Crippen molar-refractivity contribution in [2.24, 2.45) is 5.92 Å². The van der Waals surface area contributed by atoms with Crippen LogP contribution in [-0.4, -0.2) is 43.8 Å². The predicted molar refractivity (Wildman–Crippen MR) is 94.6 cm³/mol. The van der Waals surface area contributed by atoms with Gasteiger partial charge in [0.1, 0.15) is 5.82 Å². The predicted octanol–water partition coefficient (Wildman–Crippen LogP) is 2.64. The fraction of sp³-hybridized carbons (Fsp3) is 0.632. The summed E-state index contributed by atoms with van der Waals surface area (Å²) < 4.78 is 19.8. The lowest BCUT2D eigenvalue weighted by Gasteiger charge is -2.30. The maximum Gasteiger partial charge on any atom is 0.315 e. The van der Waals surface area contributed by atoms with Crippen LogP contribution in [0.25, 0.3) is 0 Å². The molecule has 138 valence electrons. The molecule has 6 heteroatoms. The van der Waals surface area contributed by atoms with Crippen LogP contribution in [0.4, 0.5) is 9.18 Å². The zero-order valence-electron chi connectivity index (χ0n) is 15.1. The van der Waals surface area contributed by atoms with E-state index in [4.69, 9.17) is 4.74 Å². The Labute approximate surface area is 148 Å². The van der Waals surface area contributed by atoms with Crippen molar-refractivity contribution in [1.82, 2.24) is 15.5 Å². The lowest BCUT2D eigenvalue weighted by atomic mass is 10.0. The number of hydrogen-bond acceptors (Lipinski definition) is 3. The molecule has 1 aliphatic carbocycles. The van der Waals surface area contributed by atoms with Gasteiger partial charge in [0.05, 0.1) is 6.10 Å². The minimum absolute atomic E-state index is 0.165. The maximum absolute atomic E-state index is 14.1. The van der Waals surface area contributed by atoms with E-state index in [0.29, 0.717) is 37.3 Å². The molecule has 0 spiro atoms. The molecule has 1 heterocycles. The summed E-state index contributed by atoms with van der Waals surface area (Å²) in [5, 5.41) is 5.85. The number of halogens is 1. The number of benzene rings is 1. The molecule has 5 nitrogen and oxygen atoms in total. The molecule has 1 saturated heterocycles. The quantitative estimate of drug-likeness (QED) is 0.830. The van der Waals surface area contributed by atoms with E-state index in [0.717, 1.165) is 18.4 Å². The molecule has 1 aliphatic heterocycles.